The summed E-state index contributed by atoms with van der Waals surface area (Å²) < 4.78 is 0. The highest BCUT2D eigenvalue weighted by molar-refractivity contribution is 5.74. The van der Waals surface area contributed by atoms with Gasteiger partial charge in [-0.05, 0) is 19.3 Å². The number of unbranched alkanes of at least 4 members (excludes halogenated alkanes) is 18. The van der Waals surface area contributed by atoms with Crippen molar-refractivity contribution in [3.05, 3.63) is 0 Å². The second-order valence-corrected chi connectivity index (χ2v) is 10.2. The maximum atomic E-state index is 12.6. The summed E-state index contributed by atoms with van der Waals surface area (Å²) in [5.41, 5.74) is 0. The molecule has 34 heavy (non-hydrogen) atoms. The van der Waals surface area contributed by atoms with E-state index in [1.54, 1.807) is 0 Å². The lowest BCUT2D eigenvalue weighted by Crippen LogP contribution is -2.20. The Morgan fingerprint density at radius 2 is 0.824 bits per heavy atom. The zero-order valence-electron chi connectivity index (χ0n) is 23.2. The lowest BCUT2D eigenvalue weighted by molar-refractivity contribution is -0.262. The Kier molecular flexibility index (Phi) is 25.7. The molecule has 0 heterocycles. The number of carbonyl (C=O) groups is 2. The predicted octanol–water partition coefficient (Wildman–Crippen LogP) is 10.0. The van der Waals surface area contributed by atoms with Gasteiger partial charge in [0.1, 0.15) is 0 Å². The summed E-state index contributed by atoms with van der Waals surface area (Å²) in [7, 11) is 0. The van der Waals surface area contributed by atoms with Gasteiger partial charge in [-0.1, -0.05) is 149 Å². The summed E-state index contributed by atoms with van der Waals surface area (Å²) >= 11 is 0. The zero-order valence-corrected chi connectivity index (χ0v) is 23.2. The van der Waals surface area contributed by atoms with Crippen LogP contribution in [-0.2, 0) is 19.4 Å². The molecule has 0 aromatic heterocycles. The standard InChI is InChI=1S/C30H58O4/c1-4-7-10-13-16-18-20-23-26-28(25-22-19-15-12-9-6-3)30(32)34-33-29(31)27-24-21-17-14-11-8-5-2/h28H,4-27H2,1-3H3. The van der Waals surface area contributed by atoms with Gasteiger partial charge >= 0.3 is 11.9 Å². The van der Waals surface area contributed by atoms with Crippen molar-refractivity contribution in [2.24, 2.45) is 5.92 Å². The molecule has 4 heteroatoms. The fourth-order valence-corrected chi connectivity index (χ4v) is 4.50. The van der Waals surface area contributed by atoms with Gasteiger partial charge in [0.05, 0.1) is 12.3 Å². The molecule has 0 aliphatic rings. The first-order valence-corrected chi connectivity index (χ1v) is 15.1. The van der Waals surface area contributed by atoms with Crippen LogP contribution in [0, 0.1) is 5.92 Å². The summed E-state index contributed by atoms with van der Waals surface area (Å²) in [5, 5.41) is 0. The Bertz CT molecular complexity index is 449. The maximum absolute atomic E-state index is 12.6. The first-order valence-electron chi connectivity index (χ1n) is 15.1. The van der Waals surface area contributed by atoms with Crippen molar-refractivity contribution < 1.29 is 19.4 Å². The second kappa shape index (κ2) is 26.5. The third-order valence-corrected chi connectivity index (χ3v) is 6.85. The fraction of sp³-hybridized carbons (Fsp3) is 0.933. The molecule has 0 aromatic rings. The van der Waals surface area contributed by atoms with Gasteiger partial charge in [0.2, 0.25) is 0 Å². The largest absolute Gasteiger partial charge is 0.358 e. The highest BCUT2D eigenvalue weighted by atomic mass is 17.2. The Labute approximate surface area is 212 Å². The molecule has 4 nitrogen and oxygen atoms in total. The van der Waals surface area contributed by atoms with E-state index in [2.05, 4.69) is 20.8 Å². The summed E-state index contributed by atoms with van der Waals surface area (Å²) in [6.45, 7) is 6.69. The van der Waals surface area contributed by atoms with Crippen LogP contribution in [0.15, 0.2) is 0 Å². The summed E-state index contributed by atoms with van der Waals surface area (Å²) in [5.74, 6) is -0.894. The van der Waals surface area contributed by atoms with Gasteiger partial charge < -0.3 is 0 Å². The average Bonchev–Trinajstić information content (AvgIpc) is 2.84. The Morgan fingerprint density at radius 3 is 1.24 bits per heavy atom. The van der Waals surface area contributed by atoms with Gasteiger partial charge in [-0.25, -0.2) is 19.4 Å². The minimum Gasteiger partial charge on any atom is -0.247 e. The van der Waals surface area contributed by atoms with Crippen LogP contribution in [0.5, 0.6) is 0 Å². The molecule has 0 bridgehead atoms. The van der Waals surface area contributed by atoms with E-state index in [4.69, 9.17) is 9.78 Å². The molecule has 0 N–H and O–H groups in total. The lowest BCUT2D eigenvalue weighted by atomic mass is 9.94. The first kappa shape index (κ1) is 32.9. The van der Waals surface area contributed by atoms with E-state index < -0.39 is 5.97 Å². The SMILES string of the molecule is CCCCCCCCCCC(CCCCCCCC)C(=O)OOC(=O)CCCCCCCCC. The molecule has 202 valence electrons. The topological polar surface area (TPSA) is 52.6 Å². The maximum Gasteiger partial charge on any atom is 0.358 e. The van der Waals surface area contributed by atoms with Gasteiger partial charge in [0.25, 0.3) is 0 Å². The number of hydrogen-bond acceptors (Lipinski definition) is 4. The van der Waals surface area contributed by atoms with Crippen LogP contribution in [0.4, 0.5) is 0 Å². The highest BCUT2D eigenvalue weighted by Crippen LogP contribution is 2.21. The molecule has 0 aliphatic carbocycles. The molecule has 0 fully saturated rings. The van der Waals surface area contributed by atoms with Gasteiger partial charge in [-0.15, -0.1) is 0 Å². The second-order valence-electron chi connectivity index (χ2n) is 10.2. The van der Waals surface area contributed by atoms with Crippen LogP contribution >= 0.6 is 0 Å². The van der Waals surface area contributed by atoms with E-state index in [-0.39, 0.29) is 11.9 Å². The van der Waals surface area contributed by atoms with Crippen LogP contribution in [-0.4, -0.2) is 11.9 Å². The summed E-state index contributed by atoms with van der Waals surface area (Å²) in [6, 6.07) is 0. The molecule has 0 rings (SSSR count). The lowest BCUT2D eigenvalue weighted by Gasteiger charge is -2.14. The van der Waals surface area contributed by atoms with Gasteiger partial charge in [-0.3, -0.25) is 0 Å². The third kappa shape index (κ3) is 22.7. The quantitative estimate of drug-likeness (QED) is 0.0737. The normalized spacial score (nSPS) is 12.0. The molecule has 0 aromatic carbocycles. The van der Waals surface area contributed by atoms with Crippen LogP contribution in [0.2, 0.25) is 0 Å². The van der Waals surface area contributed by atoms with Crippen LogP contribution in [0.1, 0.15) is 175 Å². The van der Waals surface area contributed by atoms with Crippen molar-refractivity contribution in [3.8, 4) is 0 Å². The summed E-state index contributed by atoms with van der Waals surface area (Å²) in [4.78, 5) is 34.5. The van der Waals surface area contributed by atoms with Crippen molar-refractivity contribution in [2.45, 2.75) is 175 Å². The zero-order chi connectivity index (χ0) is 25.1. The third-order valence-electron chi connectivity index (χ3n) is 6.85. The highest BCUT2D eigenvalue weighted by Gasteiger charge is 2.22. The number of rotatable bonds is 25. The van der Waals surface area contributed by atoms with Crippen molar-refractivity contribution >= 4 is 11.9 Å². The van der Waals surface area contributed by atoms with Gasteiger partial charge in [-0.2, -0.15) is 0 Å². The smallest absolute Gasteiger partial charge is 0.247 e. The van der Waals surface area contributed by atoms with Crippen LogP contribution < -0.4 is 0 Å². The van der Waals surface area contributed by atoms with Crippen molar-refractivity contribution in [1.82, 2.24) is 0 Å². The molecular weight excluding hydrogens is 424 g/mol. The van der Waals surface area contributed by atoms with E-state index in [0.29, 0.717) is 6.42 Å². The van der Waals surface area contributed by atoms with Crippen molar-refractivity contribution in [2.75, 3.05) is 0 Å². The molecule has 0 saturated heterocycles. The minimum absolute atomic E-state index is 0.141. The Balaban J connectivity index is 4.15. The number of carbonyl (C=O) groups excluding carboxylic acids is 2. The van der Waals surface area contributed by atoms with Gasteiger partial charge in [0.15, 0.2) is 0 Å². The van der Waals surface area contributed by atoms with Crippen LogP contribution in [0.3, 0.4) is 0 Å². The fourth-order valence-electron chi connectivity index (χ4n) is 4.50. The number of hydrogen-bond donors (Lipinski definition) is 0. The van der Waals surface area contributed by atoms with E-state index in [9.17, 15) is 9.59 Å². The Hall–Kier alpha value is -1.06. The van der Waals surface area contributed by atoms with Gasteiger partial charge in [0, 0.05) is 0 Å². The van der Waals surface area contributed by atoms with Crippen molar-refractivity contribution in [3.63, 3.8) is 0 Å². The molecule has 0 amide bonds. The van der Waals surface area contributed by atoms with E-state index in [0.717, 1.165) is 44.9 Å². The predicted molar refractivity (Wildman–Crippen MR) is 144 cm³/mol. The average molecular weight is 483 g/mol. The molecule has 1 unspecified atom stereocenters. The monoisotopic (exact) mass is 482 g/mol. The molecule has 0 radical (unpaired) electrons. The molecule has 0 spiro atoms. The Morgan fingerprint density at radius 1 is 0.471 bits per heavy atom. The van der Waals surface area contributed by atoms with E-state index in [1.807, 2.05) is 0 Å². The molecular formula is C30H58O4. The van der Waals surface area contributed by atoms with Crippen LogP contribution in [0.25, 0.3) is 0 Å². The van der Waals surface area contributed by atoms with E-state index in [1.165, 1.54) is 103 Å². The van der Waals surface area contributed by atoms with Crippen molar-refractivity contribution in [1.29, 1.82) is 0 Å². The molecule has 1 atom stereocenters. The minimum atomic E-state index is -0.410. The summed E-state index contributed by atoms with van der Waals surface area (Å²) in [6.07, 6.45) is 27.4. The first-order chi connectivity index (χ1) is 16.7. The molecule has 0 saturated carbocycles. The van der Waals surface area contributed by atoms with E-state index >= 15 is 0 Å². The molecule has 0 aliphatic heterocycles.